The fourth-order valence-corrected chi connectivity index (χ4v) is 4.99. The number of hydrogen-bond acceptors (Lipinski definition) is 9. The van der Waals surface area contributed by atoms with Crippen LogP contribution in [0, 0.1) is 5.92 Å². The van der Waals surface area contributed by atoms with Crippen LogP contribution in [0.3, 0.4) is 0 Å². The summed E-state index contributed by atoms with van der Waals surface area (Å²) in [6, 6.07) is 6.84. The van der Waals surface area contributed by atoms with E-state index in [0.29, 0.717) is 22.1 Å². The van der Waals surface area contributed by atoms with Gasteiger partial charge < -0.3 is 24.4 Å². The molecule has 4 atom stereocenters. The number of ketones is 2. The summed E-state index contributed by atoms with van der Waals surface area (Å²) in [6.45, 7) is 3.46. The minimum absolute atomic E-state index is 0.00429. The molecule has 2 N–H and O–H groups in total. The summed E-state index contributed by atoms with van der Waals surface area (Å²) >= 11 is 0. The second-order valence-corrected chi connectivity index (χ2v) is 8.51. The van der Waals surface area contributed by atoms with Crippen LogP contribution in [0.2, 0.25) is 0 Å². The van der Waals surface area contributed by atoms with E-state index in [0.717, 1.165) is 13.0 Å². The van der Waals surface area contributed by atoms with Gasteiger partial charge in [0, 0.05) is 25.3 Å². The van der Waals surface area contributed by atoms with Gasteiger partial charge in [-0.3, -0.25) is 19.2 Å². The van der Waals surface area contributed by atoms with Gasteiger partial charge in [-0.2, -0.15) is 0 Å². The minimum atomic E-state index is -2.08. The molecule has 9 nitrogen and oxygen atoms in total. The van der Waals surface area contributed by atoms with Crippen molar-refractivity contribution in [2.45, 2.75) is 45.0 Å². The van der Waals surface area contributed by atoms with Crippen LogP contribution in [0.25, 0.3) is 10.8 Å². The van der Waals surface area contributed by atoms with Crippen molar-refractivity contribution in [3.05, 3.63) is 47.0 Å². The summed E-state index contributed by atoms with van der Waals surface area (Å²) in [5.41, 5.74) is -1.91. The molecule has 0 spiro atoms. The van der Waals surface area contributed by atoms with E-state index in [1.165, 1.54) is 21.0 Å². The van der Waals surface area contributed by atoms with Gasteiger partial charge in [-0.05, 0) is 36.4 Å². The number of esters is 2. The Morgan fingerprint density at radius 1 is 1.09 bits per heavy atom. The molecule has 0 aliphatic heterocycles. The lowest BCUT2D eigenvalue weighted by atomic mass is 9.63. The lowest BCUT2D eigenvalue weighted by molar-refractivity contribution is -0.161. The number of carbonyl (C=O) groups excluding carboxylic acids is 4. The number of hydrogen-bond donors (Lipinski definition) is 2. The van der Waals surface area contributed by atoms with E-state index >= 15 is 0 Å². The summed E-state index contributed by atoms with van der Waals surface area (Å²) in [6.07, 6.45) is -2.02. The van der Waals surface area contributed by atoms with Gasteiger partial charge in [0.25, 0.3) is 0 Å². The van der Waals surface area contributed by atoms with Crippen molar-refractivity contribution in [2.24, 2.45) is 5.92 Å². The standard InChI is InChI=1S/C25H24O9/c1-11(26)16-10-25(34-13(3)28)17(22(30)21(16)29)9-15-8-14-6-5-7-18(32-4)19(14)23(33-12(2)27)20(15)24(25)31/h5-8,10,17,21-22,29-30H,9H2,1-4H3/t17-,21+,22-,25+/m1/s1. The zero-order valence-corrected chi connectivity index (χ0v) is 19.1. The van der Waals surface area contributed by atoms with Gasteiger partial charge in [0.2, 0.25) is 5.78 Å². The first kappa shape index (κ1) is 23.6. The first-order valence-corrected chi connectivity index (χ1v) is 10.7. The normalized spacial score (nSPS) is 25.6. The summed E-state index contributed by atoms with van der Waals surface area (Å²) in [5.74, 6) is -3.66. The molecule has 4 rings (SSSR count). The third-order valence-electron chi connectivity index (χ3n) is 6.35. The fourth-order valence-electron chi connectivity index (χ4n) is 4.99. The molecule has 34 heavy (non-hydrogen) atoms. The molecular formula is C25H24O9. The molecule has 178 valence electrons. The lowest BCUT2D eigenvalue weighted by Gasteiger charge is -2.47. The molecule has 2 aliphatic rings. The van der Waals surface area contributed by atoms with Crippen LogP contribution in [-0.2, 0) is 25.5 Å². The van der Waals surface area contributed by atoms with Crippen LogP contribution >= 0.6 is 0 Å². The number of aliphatic hydroxyl groups excluding tert-OH is 2. The van der Waals surface area contributed by atoms with Gasteiger partial charge in [0.15, 0.2) is 17.1 Å². The van der Waals surface area contributed by atoms with Crippen molar-refractivity contribution < 1.29 is 43.6 Å². The van der Waals surface area contributed by atoms with Crippen LogP contribution in [0.5, 0.6) is 11.5 Å². The zero-order chi connectivity index (χ0) is 24.9. The van der Waals surface area contributed by atoms with Gasteiger partial charge in [0.1, 0.15) is 11.9 Å². The molecule has 2 aromatic rings. The monoisotopic (exact) mass is 468 g/mol. The molecule has 0 saturated heterocycles. The highest BCUT2D eigenvalue weighted by molar-refractivity contribution is 6.15. The number of Topliss-reactive ketones (excluding diaryl/α,β-unsaturated/α-hetero) is 2. The highest BCUT2D eigenvalue weighted by atomic mass is 16.6. The van der Waals surface area contributed by atoms with Crippen molar-refractivity contribution in [2.75, 3.05) is 7.11 Å². The number of fused-ring (bicyclic) bond motifs is 3. The third kappa shape index (κ3) is 3.48. The van der Waals surface area contributed by atoms with Gasteiger partial charge in [0.05, 0.1) is 24.2 Å². The maximum atomic E-state index is 14.1. The Labute approximate surface area is 194 Å². The predicted molar refractivity (Wildman–Crippen MR) is 119 cm³/mol. The van der Waals surface area contributed by atoms with Crippen molar-refractivity contribution in [3.63, 3.8) is 0 Å². The van der Waals surface area contributed by atoms with E-state index in [1.807, 2.05) is 0 Å². The van der Waals surface area contributed by atoms with Crippen molar-refractivity contribution in [1.82, 2.24) is 0 Å². The second kappa shape index (κ2) is 8.34. The van der Waals surface area contributed by atoms with Crippen LogP contribution in [0.15, 0.2) is 35.9 Å². The Morgan fingerprint density at radius 3 is 2.38 bits per heavy atom. The van der Waals surface area contributed by atoms with Gasteiger partial charge in [-0.1, -0.05) is 18.2 Å². The largest absolute Gasteiger partial charge is 0.496 e. The average molecular weight is 468 g/mol. The van der Waals surface area contributed by atoms with E-state index in [2.05, 4.69) is 0 Å². The number of benzene rings is 2. The van der Waals surface area contributed by atoms with E-state index in [1.54, 1.807) is 24.3 Å². The molecule has 2 aliphatic carbocycles. The number of ether oxygens (including phenoxy) is 3. The molecular weight excluding hydrogens is 444 g/mol. The number of aliphatic hydroxyl groups is 2. The molecule has 0 heterocycles. The van der Waals surface area contributed by atoms with Gasteiger partial charge >= 0.3 is 11.9 Å². The van der Waals surface area contributed by atoms with E-state index < -0.39 is 47.2 Å². The molecule has 9 heteroatoms. The Morgan fingerprint density at radius 2 is 1.79 bits per heavy atom. The molecule has 0 bridgehead atoms. The summed E-state index contributed by atoms with van der Waals surface area (Å²) < 4.78 is 16.5. The van der Waals surface area contributed by atoms with E-state index in [9.17, 15) is 29.4 Å². The Kier molecular flexibility index (Phi) is 5.79. The quantitative estimate of drug-likeness (QED) is 0.507. The topological polar surface area (TPSA) is 136 Å². The summed E-state index contributed by atoms with van der Waals surface area (Å²) in [4.78, 5) is 50.5. The fraction of sp³-hybridized carbons (Fsp3) is 0.360. The highest BCUT2D eigenvalue weighted by Gasteiger charge is 2.59. The summed E-state index contributed by atoms with van der Waals surface area (Å²) in [5, 5.41) is 22.5. The average Bonchev–Trinajstić information content (AvgIpc) is 2.76. The number of carbonyl (C=O) groups is 4. The minimum Gasteiger partial charge on any atom is -0.496 e. The maximum absolute atomic E-state index is 14.1. The molecule has 2 aromatic carbocycles. The maximum Gasteiger partial charge on any atom is 0.308 e. The highest BCUT2D eigenvalue weighted by Crippen LogP contribution is 2.49. The first-order valence-electron chi connectivity index (χ1n) is 10.7. The van der Waals surface area contributed by atoms with Crippen molar-refractivity contribution in [3.8, 4) is 11.5 Å². The SMILES string of the molecule is COc1cccc2cc3c(c(OC(C)=O)c12)C(=O)[C@]1(OC(C)=O)C=C(C(C)=O)[C@H](O)[C@H](O)[C@H]1C3. The van der Waals surface area contributed by atoms with Crippen molar-refractivity contribution >= 4 is 34.3 Å². The lowest BCUT2D eigenvalue weighted by Crippen LogP contribution is -2.61. The van der Waals surface area contributed by atoms with Crippen LogP contribution in [-0.4, -0.2) is 58.6 Å². The van der Waals surface area contributed by atoms with Gasteiger partial charge in [-0.25, -0.2) is 0 Å². The summed E-state index contributed by atoms with van der Waals surface area (Å²) in [7, 11) is 1.44. The van der Waals surface area contributed by atoms with Gasteiger partial charge in [-0.15, -0.1) is 0 Å². The van der Waals surface area contributed by atoms with Crippen LogP contribution in [0.1, 0.15) is 36.7 Å². The molecule has 0 saturated carbocycles. The molecule has 0 radical (unpaired) electrons. The third-order valence-corrected chi connectivity index (χ3v) is 6.35. The molecule has 0 unspecified atom stereocenters. The molecule has 0 aromatic heterocycles. The first-order chi connectivity index (χ1) is 16.0. The Balaban J connectivity index is 2.10. The van der Waals surface area contributed by atoms with E-state index in [-0.39, 0.29) is 23.3 Å². The smallest absolute Gasteiger partial charge is 0.308 e. The number of methoxy groups -OCH3 is 1. The Hall–Kier alpha value is -3.56. The predicted octanol–water partition coefficient (Wildman–Crippen LogP) is 1.68. The Bertz CT molecular complexity index is 1270. The van der Waals surface area contributed by atoms with E-state index in [4.69, 9.17) is 14.2 Å². The second-order valence-electron chi connectivity index (χ2n) is 8.51. The molecule has 0 fully saturated rings. The number of rotatable bonds is 4. The van der Waals surface area contributed by atoms with Crippen LogP contribution < -0.4 is 9.47 Å². The molecule has 0 amide bonds. The van der Waals surface area contributed by atoms with Crippen LogP contribution in [0.4, 0.5) is 0 Å². The van der Waals surface area contributed by atoms with Crippen molar-refractivity contribution in [1.29, 1.82) is 0 Å². The zero-order valence-electron chi connectivity index (χ0n) is 19.1.